The van der Waals surface area contributed by atoms with Gasteiger partial charge in [0.05, 0.1) is 33.0 Å². The van der Waals surface area contributed by atoms with Crippen molar-refractivity contribution in [1.82, 2.24) is 9.80 Å². The highest BCUT2D eigenvalue weighted by atomic mass is 16.5. The van der Waals surface area contributed by atoms with E-state index in [0.29, 0.717) is 19.8 Å². The van der Waals surface area contributed by atoms with Gasteiger partial charge in [0.2, 0.25) is 5.91 Å². The van der Waals surface area contributed by atoms with Gasteiger partial charge >= 0.3 is 0 Å². The van der Waals surface area contributed by atoms with Crippen LogP contribution in [0, 0.1) is 0 Å². The standard InChI is InChI=1S/C26H33N3O4/c30-26(27-22-7-4-20(5-8-22)18-28-11-15-31-16-12-28)19-29-10-1-3-23(29)21-6-9-24-25(17-21)33-14-2-13-32-24/h4-9,17,23H,1-3,10-16,18-19H2,(H,27,30)/t23-/m0/s1. The number of carbonyl (C=O) groups excluding carboxylic acids is 1. The summed E-state index contributed by atoms with van der Waals surface area (Å²) < 4.78 is 17.0. The fourth-order valence-corrected chi connectivity index (χ4v) is 4.88. The maximum atomic E-state index is 12.8. The topological polar surface area (TPSA) is 63.3 Å². The molecule has 0 saturated carbocycles. The molecule has 0 aliphatic carbocycles. The van der Waals surface area contributed by atoms with Gasteiger partial charge in [-0.25, -0.2) is 0 Å². The first-order valence-electron chi connectivity index (χ1n) is 12.1. The minimum Gasteiger partial charge on any atom is -0.490 e. The van der Waals surface area contributed by atoms with Gasteiger partial charge in [0.1, 0.15) is 0 Å². The molecule has 2 fully saturated rings. The Morgan fingerprint density at radius 2 is 1.70 bits per heavy atom. The number of ether oxygens (including phenoxy) is 3. The Labute approximate surface area is 195 Å². The van der Waals surface area contributed by atoms with E-state index in [2.05, 4.69) is 39.4 Å². The number of fused-ring (bicyclic) bond motifs is 1. The third-order valence-electron chi connectivity index (χ3n) is 6.61. The molecule has 0 unspecified atom stereocenters. The normalized spacial score (nSPS) is 21.5. The highest BCUT2D eigenvalue weighted by Gasteiger charge is 2.28. The Morgan fingerprint density at radius 3 is 2.52 bits per heavy atom. The van der Waals surface area contributed by atoms with Gasteiger partial charge in [-0.15, -0.1) is 0 Å². The van der Waals surface area contributed by atoms with Crippen molar-refractivity contribution in [1.29, 1.82) is 0 Å². The number of carbonyl (C=O) groups is 1. The van der Waals surface area contributed by atoms with Crippen LogP contribution in [0.2, 0.25) is 0 Å². The van der Waals surface area contributed by atoms with E-state index in [1.165, 1.54) is 11.1 Å². The van der Waals surface area contributed by atoms with E-state index in [0.717, 1.165) is 75.8 Å². The molecule has 7 nitrogen and oxygen atoms in total. The van der Waals surface area contributed by atoms with Crippen LogP contribution in [-0.4, -0.2) is 68.3 Å². The quantitative estimate of drug-likeness (QED) is 0.726. The lowest BCUT2D eigenvalue weighted by molar-refractivity contribution is -0.117. The Morgan fingerprint density at radius 1 is 0.909 bits per heavy atom. The van der Waals surface area contributed by atoms with Crippen molar-refractivity contribution in [2.24, 2.45) is 0 Å². The lowest BCUT2D eigenvalue weighted by Gasteiger charge is -2.26. The van der Waals surface area contributed by atoms with Gasteiger partial charge in [-0.1, -0.05) is 18.2 Å². The number of amides is 1. The molecule has 7 heteroatoms. The summed E-state index contributed by atoms with van der Waals surface area (Å²) in [5.74, 6) is 1.66. The van der Waals surface area contributed by atoms with Crippen LogP contribution in [0.3, 0.4) is 0 Å². The first-order valence-corrected chi connectivity index (χ1v) is 12.1. The summed E-state index contributed by atoms with van der Waals surface area (Å²) in [5, 5.41) is 3.07. The van der Waals surface area contributed by atoms with Crippen molar-refractivity contribution >= 4 is 11.6 Å². The molecule has 3 aliphatic heterocycles. The second kappa shape index (κ2) is 10.5. The number of nitrogens with one attached hydrogen (secondary N) is 1. The van der Waals surface area contributed by atoms with Gasteiger partial charge in [-0.05, 0) is 54.8 Å². The summed E-state index contributed by atoms with van der Waals surface area (Å²) in [6.07, 6.45) is 3.03. The number of rotatable bonds is 6. The Kier molecular flexibility index (Phi) is 7.09. The van der Waals surface area contributed by atoms with Crippen LogP contribution < -0.4 is 14.8 Å². The molecule has 0 bridgehead atoms. The molecule has 0 radical (unpaired) electrons. The van der Waals surface area contributed by atoms with Gasteiger partial charge in [-0.3, -0.25) is 14.6 Å². The lowest BCUT2D eigenvalue weighted by Crippen LogP contribution is -2.35. The molecule has 5 rings (SSSR count). The lowest BCUT2D eigenvalue weighted by atomic mass is 10.0. The fourth-order valence-electron chi connectivity index (χ4n) is 4.88. The molecule has 1 atom stereocenters. The molecule has 3 aliphatic rings. The molecule has 2 aromatic rings. The van der Waals surface area contributed by atoms with Crippen molar-refractivity contribution in [3.05, 3.63) is 53.6 Å². The molecule has 2 aromatic carbocycles. The van der Waals surface area contributed by atoms with Crippen LogP contribution in [0.4, 0.5) is 5.69 Å². The van der Waals surface area contributed by atoms with Crippen molar-refractivity contribution in [3.63, 3.8) is 0 Å². The van der Waals surface area contributed by atoms with Gasteiger partial charge in [0, 0.05) is 37.8 Å². The minimum absolute atomic E-state index is 0.0252. The minimum atomic E-state index is 0.0252. The maximum Gasteiger partial charge on any atom is 0.238 e. The second-order valence-electron chi connectivity index (χ2n) is 9.02. The molecule has 3 heterocycles. The zero-order chi connectivity index (χ0) is 22.5. The van der Waals surface area contributed by atoms with Crippen LogP contribution in [0.15, 0.2) is 42.5 Å². The van der Waals surface area contributed by atoms with E-state index in [-0.39, 0.29) is 11.9 Å². The largest absolute Gasteiger partial charge is 0.490 e. The predicted octanol–water partition coefficient (Wildman–Crippen LogP) is 3.46. The molecular formula is C26H33N3O4. The maximum absolute atomic E-state index is 12.8. The van der Waals surface area contributed by atoms with Crippen molar-refractivity contribution in [3.8, 4) is 11.5 Å². The van der Waals surface area contributed by atoms with Gasteiger partial charge in [0.15, 0.2) is 11.5 Å². The summed E-state index contributed by atoms with van der Waals surface area (Å²) in [7, 11) is 0. The summed E-state index contributed by atoms with van der Waals surface area (Å²) in [4.78, 5) is 17.5. The van der Waals surface area contributed by atoms with Crippen LogP contribution in [-0.2, 0) is 16.1 Å². The third kappa shape index (κ3) is 5.66. The zero-order valence-electron chi connectivity index (χ0n) is 19.1. The van der Waals surface area contributed by atoms with E-state index < -0.39 is 0 Å². The highest BCUT2D eigenvalue weighted by Crippen LogP contribution is 2.37. The number of nitrogens with zero attached hydrogens (tertiary/aromatic N) is 2. The van der Waals surface area contributed by atoms with Crippen molar-refractivity contribution in [2.75, 3.05) is 57.9 Å². The predicted molar refractivity (Wildman–Crippen MR) is 127 cm³/mol. The second-order valence-corrected chi connectivity index (χ2v) is 9.02. The first-order chi connectivity index (χ1) is 16.2. The molecular weight excluding hydrogens is 418 g/mol. The molecule has 2 saturated heterocycles. The van der Waals surface area contributed by atoms with Crippen LogP contribution in [0.25, 0.3) is 0 Å². The van der Waals surface area contributed by atoms with E-state index in [1.54, 1.807) is 0 Å². The van der Waals surface area contributed by atoms with Gasteiger partial charge in [0.25, 0.3) is 0 Å². The third-order valence-corrected chi connectivity index (χ3v) is 6.61. The Hall–Kier alpha value is -2.61. The summed E-state index contributed by atoms with van der Waals surface area (Å²) in [6.45, 7) is 7.14. The molecule has 0 spiro atoms. The summed E-state index contributed by atoms with van der Waals surface area (Å²) in [5.41, 5.74) is 3.29. The van der Waals surface area contributed by atoms with Crippen LogP contribution in [0.1, 0.15) is 36.4 Å². The van der Waals surface area contributed by atoms with Gasteiger partial charge in [-0.2, -0.15) is 0 Å². The number of benzene rings is 2. The van der Waals surface area contributed by atoms with E-state index in [1.807, 2.05) is 18.2 Å². The van der Waals surface area contributed by atoms with Gasteiger partial charge < -0.3 is 19.5 Å². The number of anilines is 1. The molecule has 1 N–H and O–H groups in total. The average molecular weight is 452 g/mol. The molecule has 0 aromatic heterocycles. The SMILES string of the molecule is O=C(CN1CCC[C@H]1c1ccc2c(c1)OCCCO2)Nc1ccc(CN2CCOCC2)cc1. The smallest absolute Gasteiger partial charge is 0.238 e. The Balaban J connectivity index is 1.17. The Bertz CT molecular complexity index is 943. The summed E-state index contributed by atoms with van der Waals surface area (Å²) >= 11 is 0. The number of morpholine rings is 1. The first kappa shape index (κ1) is 22.2. The van der Waals surface area contributed by atoms with E-state index >= 15 is 0 Å². The molecule has 33 heavy (non-hydrogen) atoms. The monoisotopic (exact) mass is 451 g/mol. The highest BCUT2D eigenvalue weighted by molar-refractivity contribution is 5.92. The van der Waals surface area contributed by atoms with E-state index in [9.17, 15) is 4.79 Å². The average Bonchev–Trinajstić information content (AvgIpc) is 3.16. The van der Waals surface area contributed by atoms with E-state index in [4.69, 9.17) is 14.2 Å². The number of hydrogen-bond acceptors (Lipinski definition) is 6. The summed E-state index contributed by atoms with van der Waals surface area (Å²) in [6, 6.07) is 14.6. The van der Waals surface area contributed by atoms with Crippen molar-refractivity contribution in [2.45, 2.75) is 31.8 Å². The van der Waals surface area contributed by atoms with Crippen LogP contribution >= 0.6 is 0 Å². The van der Waals surface area contributed by atoms with Crippen molar-refractivity contribution < 1.29 is 19.0 Å². The van der Waals surface area contributed by atoms with Crippen LogP contribution in [0.5, 0.6) is 11.5 Å². The molecule has 176 valence electrons. The fraction of sp³-hybridized carbons (Fsp3) is 0.500. The number of likely N-dealkylation sites (tertiary alicyclic amines) is 1. The molecule has 1 amide bonds. The zero-order valence-corrected chi connectivity index (χ0v) is 19.1. The number of hydrogen-bond donors (Lipinski definition) is 1.